The molecule has 0 aliphatic carbocycles. The van der Waals surface area contributed by atoms with E-state index in [1.165, 1.54) is 19.2 Å². The van der Waals surface area contributed by atoms with Gasteiger partial charge in [0.15, 0.2) is 18.1 Å². The Labute approximate surface area is 171 Å². The first-order chi connectivity index (χ1) is 13.3. The summed E-state index contributed by atoms with van der Waals surface area (Å²) in [6.07, 6.45) is 0. The molecule has 0 fully saturated rings. The maximum atomic E-state index is 13.8. The molecule has 0 saturated carbocycles. The number of ether oxygens (including phenoxy) is 2. The molecule has 0 aliphatic heterocycles. The van der Waals surface area contributed by atoms with Gasteiger partial charge in [-0.25, -0.2) is 4.39 Å². The first kappa shape index (κ1) is 21.7. The summed E-state index contributed by atoms with van der Waals surface area (Å²) < 4.78 is 25.2. The number of hydrogen-bond acceptors (Lipinski definition) is 4. The smallest absolute Gasteiger partial charge is 0.258 e. The van der Waals surface area contributed by atoms with Gasteiger partial charge < -0.3 is 20.1 Å². The number of carbonyl (C=O) groups excluding carboxylic acids is 2. The zero-order valence-electron chi connectivity index (χ0n) is 15.8. The van der Waals surface area contributed by atoms with Gasteiger partial charge in [-0.2, -0.15) is 0 Å². The van der Waals surface area contributed by atoms with Crippen LogP contribution in [0.2, 0.25) is 0 Å². The highest BCUT2D eigenvalue weighted by Gasteiger charge is 2.13. The second kappa shape index (κ2) is 10.1. The average Bonchev–Trinajstić information content (AvgIpc) is 2.66. The van der Waals surface area contributed by atoms with Crippen molar-refractivity contribution in [3.8, 4) is 11.5 Å². The fourth-order valence-electron chi connectivity index (χ4n) is 2.39. The standard InChI is InChI=1S/C20H22BrFN2O4/c1-12(2)24-19(25)11-28-17-7-4-13(9-18(17)27-3)20(26)23-10-14-8-15(21)5-6-16(14)22/h4-9,12H,10-11H2,1-3H3,(H,23,26)(H,24,25). The van der Waals surface area contributed by atoms with Crippen LogP contribution in [0.5, 0.6) is 11.5 Å². The minimum absolute atomic E-state index is 0.0131. The molecule has 2 amide bonds. The Morgan fingerprint density at radius 3 is 2.57 bits per heavy atom. The molecule has 2 aromatic carbocycles. The van der Waals surface area contributed by atoms with Crippen LogP contribution >= 0.6 is 15.9 Å². The summed E-state index contributed by atoms with van der Waals surface area (Å²) in [4.78, 5) is 24.1. The van der Waals surface area contributed by atoms with E-state index >= 15 is 0 Å². The predicted octanol–water partition coefficient (Wildman–Crippen LogP) is 3.43. The molecule has 0 bridgehead atoms. The summed E-state index contributed by atoms with van der Waals surface area (Å²) in [6, 6.07) is 9.14. The molecule has 0 atom stereocenters. The molecule has 2 aromatic rings. The highest BCUT2D eigenvalue weighted by Crippen LogP contribution is 2.28. The average molecular weight is 453 g/mol. The SMILES string of the molecule is COc1cc(C(=O)NCc2cc(Br)ccc2F)ccc1OCC(=O)NC(C)C. The molecular formula is C20H22BrFN2O4. The van der Waals surface area contributed by atoms with Crippen molar-refractivity contribution in [2.45, 2.75) is 26.4 Å². The molecule has 2 rings (SSSR count). The van der Waals surface area contributed by atoms with Gasteiger partial charge in [0, 0.05) is 28.2 Å². The van der Waals surface area contributed by atoms with E-state index in [4.69, 9.17) is 9.47 Å². The number of benzene rings is 2. The van der Waals surface area contributed by atoms with E-state index in [-0.39, 0.29) is 31.0 Å². The summed E-state index contributed by atoms with van der Waals surface area (Å²) in [7, 11) is 1.44. The van der Waals surface area contributed by atoms with Crippen molar-refractivity contribution in [1.82, 2.24) is 10.6 Å². The number of halogens is 2. The lowest BCUT2D eigenvalue weighted by Crippen LogP contribution is -2.34. The summed E-state index contributed by atoms with van der Waals surface area (Å²) in [5.74, 6) is -0.379. The van der Waals surface area contributed by atoms with Gasteiger partial charge in [0.25, 0.3) is 11.8 Å². The summed E-state index contributed by atoms with van der Waals surface area (Å²) in [5.41, 5.74) is 0.692. The molecule has 150 valence electrons. The van der Waals surface area contributed by atoms with Crippen molar-refractivity contribution >= 4 is 27.7 Å². The maximum absolute atomic E-state index is 13.8. The monoisotopic (exact) mass is 452 g/mol. The minimum atomic E-state index is -0.399. The molecule has 0 aliphatic rings. The number of nitrogens with one attached hydrogen (secondary N) is 2. The third-order valence-electron chi connectivity index (χ3n) is 3.68. The third-order valence-corrected chi connectivity index (χ3v) is 4.17. The quantitative estimate of drug-likeness (QED) is 0.643. The van der Waals surface area contributed by atoms with Gasteiger partial charge in [0.1, 0.15) is 5.82 Å². The lowest BCUT2D eigenvalue weighted by molar-refractivity contribution is -0.123. The highest BCUT2D eigenvalue weighted by atomic mass is 79.9. The van der Waals surface area contributed by atoms with E-state index in [9.17, 15) is 14.0 Å². The molecule has 0 radical (unpaired) electrons. The van der Waals surface area contributed by atoms with Crippen LogP contribution in [0.4, 0.5) is 4.39 Å². The lowest BCUT2D eigenvalue weighted by Gasteiger charge is -2.13. The minimum Gasteiger partial charge on any atom is -0.493 e. The predicted molar refractivity (Wildman–Crippen MR) is 107 cm³/mol. The van der Waals surface area contributed by atoms with Crippen LogP contribution in [0.25, 0.3) is 0 Å². The Balaban J connectivity index is 2.02. The Bertz CT molecular complexity index is 858. The van der Waals surface area contributed by atoms with Gasteiger partial charge >= 0.3 is 0 Å². The molecule has 0 saturated heterocycles. The number of methoxy groups -OCH3 is 1. The zero-order chi connectivity index (χ0) is 20.7. The highest BCUT2D eigenvalue weighted by molar-refractivity contribution is 9.10. The molecule has 8 heteroatoms. The fourth-order valence-corrected chi connectivity index (χ4v) is 2.80. The molecule has 0 spiro atoms. The normalized spacial score (nSPS) is 10.5. The lowest BCUT2D eigenvalue weighted by atomic mass is 10.1. The van der Waals surface area contributed by atoms with Crippen LogP contribution in [-0.2, 0) is 11.3 Å². The van der Waals surface area contributed by atoms with Crippen LogP contribution in [0.3, 0.4) is 0 Å². The van der Waals surface area contributed by atoms with Gasteiger partial charge in [0.05, 0.1) is 7.11 Å². The van der Waals surface area contributed by atoms with Crippen molar-refractivity contribution in [3.63, 3.8) is 0 Å². The van der Waals surface area contributed by atoms with Gasteiger partial charge in [-0.1, -0.05) is 15.9 Å². The van der Waals surface area contributed by atoms with Crippen LogP contribution in [-0.4, -0.2) is 31.6 Å². The van der Waals surface area contributed by atoms with E-state index in [0.29, 0.717) is 22.6 Å². The molecule has 28 heavy (non-hydrogen) atoms. The molecule has 0 unspecified atom stereocenters. The fraction of sp³-hybridized carbons (Fsp3) is 0.300. The summed E-state index contributed by atoms with van der Waals surface area (Å²) >= 11 is 3.27. The van der Waals surface area contributed by atoms with Crippen LogP contribution in [0.15, 0.2) is 40.9 Å². The van der Waals surface area contributed by atoms with Crippen molar-refractivity contribution in [3.05, 3.63) is 57.8 Å². The van der Waals surface area contributed by atoms with E-state index in [1.807, 2.05) is 13.8 Å². The van der Waals surface area contributed by atoms with Crippen molar-refractivity contribution < 1.29 is 23.5 Å². The first-order valence-electron chi connectivity index (χ1n) is 8.62. The van der Waals surface area contributed by atoms with E-state index in [2.05, 4.69) is 26.6 Å². The summed E-state index contributed by atoms with van der Waals surface area (Å²) in [5, 5.41) is 5.38. The molecule has 6 nitrogen and oxygen atoms in total. The van der Waals surface area contributed by atoms with Gasteiger partial charge in [-0.05, 0) is 50.2 Å². The zero-order valence-corrected chi connectivity index (χ0v) is 17.4. The van der Waals surface area contributed by atoms with Gasteiger partial charge in [0.2, 0.25) is 0 Å². The molecule has 0 aromatic heterocycles. The second-order valence-electron chi connectivity index (χ2n) is 6.29. The largest absolute Gasteiger partial charge is 0.493 e. The summed E-state index contributed by atoms with van der Waals surface area (Å²) in [6.45, 7) is 3.58. The van der Waals surface area contributed by atoms with E-state index in [1.54, 1.807) is 24.3 Å². The molecule has 0 heterocycles. The Kier molecular flexibility index (Phi) is 7.80. The van der Waals surface area contributed by atoms with Crippen LogP contribution in [0.1, 0.15) is 29.8 Å². The van der Waals surface area contributed by atoms with Crippen molar-refractivity contribution in [1.29, 1.82) is 0 Å². The number of hydrogen-bond donors (Lipinski definition) is 2. The van der Waals surface area contributed by atoms with Gasteiger partial charge in [-0.15, -0.1) is 0 Å². The van der Waals surface area contributed by atoms with Crippen molar-refractivity contribution in [2.24, 2.45) is 0 Å². The van der Waals surface area contributed by atoms with Crippen LogP contribution < -0.4 is 20.1 Å². The van der Waals surface area contributed by atoms with Gasteiger partial charge in [-0.3, -0.25) is 9.59 Å². The van der Waals surface area contributed by atoms with Crippen molar-refractivity contribution in [2.75, 3.05) is 13.7 Å². The van der Waals surface area contributed by atoms with Crippen LogP contribution in [0, 0.1) is 5.82 Å². The Morgan fingerprint density at radius 1 is 1.14 bits per heavy atom. The second-order valence-corrected chi connectivity index (χ2v) is 7.21. The maximum Gasteiger partial charge on any atom is 0.258 e. The third kappa shape index (κ3) is 6.23. The molecular weight excluding hydrogens is 431 g/mol. The first-order valence-corrected chi connectivity index (χ1v) is 9.41. The topological polar surface area (TPSA) is 76.7 Å². The number of carbonyl (C=O) groups is 2. The molecule has 2 N–H and O–H groups in total. The van der Waals surface area contributed by atoms with E-state index < -0.39 is 5.82 Å². The Morgan fingerprint density at radius 2 is 1.89 bits per heavy atom. The number of amides is 2. The number of rotatable bonds is 8. The van der Waals surface area contributed by atoms with E-state index in [0.717, 1.165) is 4.47 Å². The Hall–Kier alpha value is -2.61.